The summed E-state index contributed by atoms with van der Waals surface area (Å²) in [6, 6.07) is 15.6. The van der Waals surface area contributed by atoms with E-state index in [2.05, 4.69) is 61.3 Å². The van der Waals surface area contributed by atoms with Gasteiger partial charge >= 0.3 is 0 Å². The van der Waals surface area contributed by atoms with E-state index in [0.29, 0.717) is 24.5 Å². The van der Waals surface area contributed by atoms with Crippen molar-refractivity contribution in [3.8, 4) is 5.75 Å². The number of piperidine rings is 1. The maximum atomic E-state index is 6.84. The van der Waals surface area contributed by atoms with E-state index in [0.717, 1.165) is 38.2 Å². The summed E-state index contributed by atoms with van der Waals surface area (Å²) in [5.74, 6) is 2.11. The van der Waals surface area contributed by atoms with Crippen molar-refractivity contribution in [2.75, 3.05) is 27.3 Å². The molecule has 2 heterocycles. The quantitative estimate of drug-likeness (QED) is 0.729. The highest BCUT2D eigenvalue weighted by Gasteiger charge is 2.67. The van der Waals surface area contributed by atoms with Crippen LogP contribution in [-0.2, 0) is 27.9 Å². The van der Waals surface area contributed by atoms with Crippen LogP contribution in [0.5, 0.6) is 5.75 Å². The van der Waals surface area contributed by atoms with Crippen LogP contribution in [0.1, 0.15) is 35.1 Å². The highest BCUT2D eigenvalue weighted by Crippen LogP contribution is 2.63. The smallest absolute Gasteiger partial charge is 0.135 e. The molecular weight excluding hydrogens is 386 g/mol. The van der Waals surface area contributed by atoms with Crippen molar-refractivity contribution in [2.24, 2.45) is 11.8 Å². The molecule has 6 unspecified atom stereocenters. The standard InChI is InChI=1S/C27H33NO3/c1-17-9-10-19-14-22-21-13-20(16-30-15-18-7-5-4-6-8-18)25(29-3)26-27(21,11-12-28(22)2)23(19)24(17)31-26/h4-10,20-22,25-26H,11-16H2,1-3H3. The van der Waals surface area contributed by atoms with E-state index >= 15 is 0 Å². The van der Waals surface area contributed by atoms with Gasteiger partial charge in [0.2, 0.25) is 0 Å². The molecule has 1 spiro atoms. The van der Waals surface area contributed by atoms with Gasteiger partial charge in [0.25, 0.3) is 0 Å². The van der Waals surface area contributed by atoms with Crippen molar-refractivity contribution in [1.82, 2.24) is 4.90 Å². The van der Waals surface area contributed by atoms with Gasteiger partial charge in [-0.25, -0.2) is 0 Å². The molecule has 2 aliphatic heterocycles. The Morgan fingerprint density at radius 1 is 1.16 bits per heavy atom. The third kappa shape index (κ3) is 2.78. The van der Waals surface area contributed by atoms with Gasteiger partial charge in [0.15, 0.2) is 0 Å². The van der Waals surface area contributed by atoms with Crippen LogP contribution in [0.3, 0.4) is 0 Å². The number of hydrogen-bond donors (Lipinski definition) is 0. The molecule has 6 rings (SSSR count). The van der Waals surface area contributed by atoms with Crippen molar-refractivity contribution in [2.45, 2.75) is 56.5 Å². The minimum Gasteiger partial charge on any atom is -0.486 e. The Bertz CT molecular complexity index is 976. The maximum Gasteiger partial charge on any atom is 0.135 e. The molecule has 0 amide bonds. The lowest BCUT2D eigenvalue weighted by molar-refractivity contribution is -0.151. The van der Waals surface area contributed by atoms with Crippen molar-refractivity contribution < 1.29 is 14.2 Å². The Hall–Kier alpha value is -1.88. The van der Waals surface area contributed by atoms with Crippen LogP contribution in [0.15, 0.2) is 42.5 Å². The van der Waals surface area contributed by atoms with Crippen LogP contribution >= 0.6 is 0 Å². The van der Waals surface area contributed by atoms with Crippen molar-refractivity contribution in [1.29, 1.82) is 0 Å². The molecule has 2 fully saturated rings. The van der Waals surface area contributed by atoms with E-state index in [1.54, 1.807) is 0 Å². The first-order valence-corrected chi connectivity index (χ1v) is 11.8. The van der Waals surface area contributed by atoms with Gasteiger partial charge in [0.1, 0.15) is 11.9 Å². The average Bonchev–Trinajstić information content (AvgIpc) is 3.13. The second-order valence-electron chi connectivity index (χ2n) is 10.1. The van der Waals surface area contributed by atoms with Crippen molar-refractivity contribution >= 4 is 0 Å². The van der Waals surface area contributed by atoms with Crippen LogP contribution in [-0.4, -0.2) is 50.5 Å². The number of aryl methyl sites for hydroxylation is 1. The molecule has 1 saturated heterocycles. The number of benzene rings is 2. The molecule has 2 aliphatic carbocycles. The van der Waals surface area contributed by atoms with Crippen LogP contribution in [0, 0.1) is 18.8 Å². The van der Waals surface area contributed by atoms with Crippen LogP contribution in [0.4, 0.5) is 0 Å². The summed E-state index contributed by atoms with van der Waals surface area (Å²) in [6.07, 6.45) is 3.60. The third-order valence-corrected chi connectivity index (χ3v) is 8.69. The molecule has 0 N–H and O–H groups in total. The van der Waals surface area contributed by atoms with Gasteiger partial charge in [0.05, 0.1) is 19.3 Å². The van der Waals surface area contributed by atoms with Crippen molar-refractivity contribution in [3.63, 3.8) is 0 Å². The van der Waals surface area contributed by atoms with Crippen LogP contribution < -0.4 is 4.74 Å². The highest BCUT2D eigenvalue weighted by atomic mass is 16.5. The highest BCUT2D eigenvalue weighted by molar-refractivity contribution is 5.58. The van der Waals surface area contributed by atoms with Gasteiger partial charge in [-0.3, -0.25) is 0 Å². The molecule has 2 bridgehead atoms. The fourth-order valence-electron chi connectivity index (χ4n) is 7.30. The van der Waals surface area contributed by atoms with Gasteiger partial charge < -0.3 is 19.1 Å². The first-order valence-electron chi connectivity index (χ1n) is 11.8. The molecule has 31 heavy (non-hydrogen) atoms. The lowest BCUT2D eigenvalue weighted by atomic mass is 9.49. The predicted octanol–water partition coefficient (Wildman–Crippen LogP) is 4.12. The summed E-state index contributed by atoms with van der Waals surface area (Å²) in [6.45, 7) is 4.71. The Kier molecular flexibility index (Phi) is 4.68. The first kappa shape index (κ1) is 19.8. The number of ether oxygens (including phenoxy) is 3. The number of hydrogen-bond acceptors (Lipinski definition) is 4. The van der Waals surface area contributed by atoms with Gasteiger partial charge in [-0.2, -0.15) is 0 Å². The third-order valence-electron chi connectivity index (χ3n) is 8.69. The molecule has 2 aromatic rings. The lowest BCUT2D eigenvalue weighted by Gasteiger charge is -2.60. The summed E-state index contributed by atoms with van der Waals surface area (Å²) in [5, 5.41) is 0. The summed E-state index contributed by atoms with van der Waals surface area (Å²) >= 11 is 0. The lowest BCUT2D eigenvalue weighted by Crippen LogP contribution is -2.68. The molecule has 4 heteroatoms. The SMILES string of the molecule is COC1C(COCc2ccccc2)CC2C3Cc4ccc(C)c5c4C2(CCN3C)C1O5. The molecule has 6 atom stereocenters. The Balaban J connectivity index is 1.34. The van der Waals surface area contributed by atoms with E-state index in [-0.39, 0.29) is 17.6 Å². The Labute approximate surface area is 185 Å². The molecule has 0 radical (unpaired) electrons. The van der Waals surface area contributed by atoms with Crippen LogP contribution in [0.25, 0.3) is 0 Å². The number of nitrogens with zero attached hydrogens (tertiary/aromatic N) is 1. The number of likely N-dealkylation sites (tertiary alicyclic amines) is 1. The van der Waals surface area contributed by atoms with E-state index in [1.807, 2.05) is 7.11 Å². The van der Waals surface area contributed by atoms with E-state index in [9.17, 15) is 0 Å². The molecule has 4 aliphatic rings. The molecule has 0 aromatic heterocycles. The molecule has 164 valence electrons. The maximum absolute atomic E-state index is 6.84. The van der Waals surface area contributed by atoms with E-state index in [4.69, 9.17) is 14.2 Å². The predicted molar refractivity (Wildman–Crippen MR) is 121 cm³/mol. The van der Waals surface area contributed by atoms with Gasteiger partial charge in [-0.15, -0.1) is 0 Å². The number of likely N-dealkylation sites (N-methyl/N-ethyl adjacent to an activating group) is 1. The zero-order chi connectivity index (χ0) is 21.2. The fraction of sp³-hybridized carbons (Fsp3) is 0.556. The zero-order valence-electron chi connectivity index (χ0n) is 18.8. The van der Waals surface area contributed by atoms with E-state index in [1.165, 1.54) is 22.3 Å². The number of rotatable bonds is 5. The Morgan fingerprint density at radius 2 is 2.00 bits per heavy atom. The zero-order valence-corrected chi connectivity index (χ0v) is 18.8. The monoisotopic (exact) mass is 419 g/mol. The van der Waals surface area contributed by atoms with Gasteiger partial charge in [-0.05, 0) is 62.4 Å². The topological polar surface area (TPSA) is 30.9 Å². The molecular formula is C27H33NO3. The second-order valence-corrected chi connectivity index (χ2v) is 10.1. The first-order chi connectivity index (χ1) is 15.1. The van der Waals surface area contributed by atoms with Gasteiger partial charge in [0, 0.05) is 30.0 Å². The molecule has 4 nitrogen and oxygen atoms in total. The summed E-state index contributed by atoms with van der Waals surface area (Å²) < 4.78 is 19.3. The minimum atomic E-state index is 0.0637. The summed E-state index contributed by atoms with van der Waals surface area (Å²) in [7, 11) is 4.17. The Morgan fingerprint density at radius 3 is 2.81 bits per heavy atom. The normalized spacial score (nSPS) is 35.5. The van der Waals surface area contributed by atoms with Crippen LogP contribution in [0.2, 0.25) is 0 Å². The molecule has 2 aromatic carbocycles. The minimum absolute atomic E-state index is 0.0637. The number of methoxy groups -OCH3 is 1. The molecule has 1 saturated carbocycles. The average molecular weight is 420 g/mol. The summed E-state index contributed by atoms with van der Waals surface area (Å²) in [5.41, 5.74) is 5.62. The van der Waals surface area contributed by atoms with Crippen molar-refractivity contribution in [3.05, 3.63) is 64.7 Å². The fourth-order valence-corrected chi connectivity index (χ4v) is 7.30. The van der Waals surface area contributed by atoms with E-state index < -0.39 is 0 Å². The second kappa shape index (κ2) is 7.33. The largest absolute Gasteiger partial charge is 0.486 e. The van der Waals surface area contributed by atoms with Gasteiger partial charge in [-0.1, -0.05) is 42.5 Å². The summed E-state index contributed by atoms with van der Waals surface area (Å²) in [4.78, 5) is 2.60.